The van der Waals surface area contributed by atoms with Gasteiger partial charge in [-0.3, -0.25) is 4.79 Å². The molecule has 1 fully saturated rings. The van der Waals surface area contributed by atoms with Gasteiger partial charge >= 0.3 is 0 Å². The molecule has 0 radical (unpaired) electrons. The fraction of sp³-hybridized carbons (Fsp3) is 0.316. The highest BCUT2D eigenvalue weighted by Crippen LogP contribution is 2.29. The predicted octanol–water partition coefficient (Wildman–Crippen LogP) is 3.00. The number of carbonyl (C=O) groups is 1. The van der Waals surface area contributed by atoms with Gasteiger partial charge in [-0.2, -0.15) is 0 Å². The molecule has 2 aromatic rings. The van der Waals surface area contributed by atoms with Gasteiger partial charge in [0.2, 0.25) is 0 Å². The number of epoxide rings is 1. The van der Waals surface area contributed by atoms with E-state index in [-0.39, 0.29) is 29.5 Å². The lowest BCUT2D eigenvalue weighted by atomic mass is 10.0. The van der Waals surface area contributed by atoms with Crippen LogP contribution >= 0.6 is 0 Å². The maximum absolute atomic E-state index is 12.1. The Hall–Kier alpha value is -2.33. The molecule has 0 unspecified atom stereocenters. The molecule has 23 heavy (non-hydrogen) atoms. The molecule has 2 atom stereocenters. The van der Waals surface area contributed by atoms with E-state index in [1.165, 1.54) is 0 Å². The third-order valence-corrected chi connectivity index (χ3v) is 4.15. The molecule has 4 heteroatoms. The van der Waals surface area contributed by atoms with Crippen molar-refractivity contribution >= 4 is 5.78 Å². The first kappa shape index (κ1) is 15.6. The maximum Gasteiger partial charge on any atom is 0.164 e. The molecule has 1 aliphatic heterocycles. The quantitative estimate of drug-likeness (QED) is 0.771. The van der Waals surface area contributed by atoms with E-state index < -0.39 is 0 Å². The predicted molar refractivity (Wildman–Crippen MR) is 86.5 cm³/mol. The zero-order chi connectivity index (χ0) is 16.2. The fourth-order valence-corrected chi connectivity index (χ4v) is 2.69. The van der Waals surface area contributed by atoms with E-state index in [9.17, 15) is 15.0 Å². The number of Topliss-reactive ketones (excluding diaryl/α,β-unsaturated/α-hetero) is 1. The van der Waals surface area contributed by atoms with Gasteiger partial charge in [0.15, 0.2) is 5.78 Å². The van der Waals surface area contributed by atoms with Crippen LogP contribution in [0.1, 0.15) is 24.0 Å². The lowest BCUT2D eigenvalue weighted by Crippen LogP contribution is -2.11. The van der Waals surface area contributed by atoms with Crippen LogP contribution in [0.15, 0.2) is 48.5 Å². The van der Waals surface area contributed by atoms with Gasteiger partial charge in [-0.05, 0) is 54.7 Å². The van der Waals surface area contributed by atoms with Crippen LogP contribution in [0.4, 0.5) is 0 Å². The summed E-state index contributed by atoms with van der Waals surface area (Å²) in [5.74, 6) is 0.646. The first-order valence-electron chi connectivity index (χ1n) is 7.86. The normalized spacial score (nSPS) is 19.5. The summed E-state index contributed by atoms with van der Waals surface area (Å²) in [5, 5.41) is 18.5. The summed E-state index contributed by atoms with van der Waals surface area (Å²) in [6, 6.07) is 14.0. The molecule has 3 rings (SSSR count). The molecule has 120 valence electrons. The highest BCUT2D eigenvalue weighted by molar-refractivity contribution is 5.86. The van der Waals surface area contributed by atoms with Crippen LogP contribution in [0, 0.1) is 0 Å². The monoisotopic (exact) mass is 312 g/mol. The SMILES string of the molecule is O=C(CCc1ccc(O)cc1)[C@H]1O[C@H]1CCc1ccc(O)cc1. The van der Waals surface area contributed by atoms with Gasteiger partial charge in [0.1, 0.15) is 17.6 Å². The zero-order valence-electron chi connectivity index (χ0n) is 12.8. The van der Waals surface area contributed by atoms with Gasteiger partial charge in [0, 0.05) is 6.42 Å². The van der Waals surface area contributed by atoms with Crippen molar-refractivity contribution in [2.24, 2.45) is 0 Å². The van der Waals surface area contributed by atoms with Crippen LogP contribution in [0.5, 0.6) is 11.5 Å². The number of rotatable bonds is 7. The number of benzene rings is 2. The minimum absolute atomic E-state index is 0.0242. The summed E-state index contributed by atoms with van der Waals surface area (Å²) in [6.45, 7) is 0. The Morgan fingerprint density at radius 3 is 1.96 bits per heavy atom. The van der Waals surface area contributed by atoms with Crippen molar-refractivity contribution in [2.45, 2.75) is 37.9 Å². The van der Waals surface area contributed by atoms with Gasteiger partial charge in [0.05, 0.1) is 6.10 Å². The Balaban J connectivity index is 1.40. The Kier molecular flexibility index (Phi) is 4.63. The first-order valence-corrected chi connectivity index (χ1v) is 7.86. The Morgan fingerprint density at radius 1 is 0.870 bits per heavy atom. The average Bonchev–Trinajstić information content (AvgIpc) is 3.33. The highest BCUT2D eigenvalue weighted by Gasteiger charge is 2.43. The van der Waals surface area contributed by atoms with Crippen LogP contribution in [-0.4, -0.2) is 28.2 Å². The molecule has 0 amide bonds. The summed E-state index contributed by atoms with van der Waals surface area (Å²) < 4.78 is 5.49. The summed E-state index contributed by atoms with van der Waals surface area (Å²) in [6.07, 6.45) is 2.56. The third-order valence-electron chi connectivity index (χ3n) is 4.15. The number of phenols is 2. The van der Waals surface area contributed by atoms with Crippen LogP contribution < -0.4 is 0 Å². The van der Waals surface area contributed by atoms with Gasteiger partial charge in [-0.25, -0.2) is 0 Å². The van der Waals surface area contributed by atoms with E-state index in [0.29, 0.717) is 12.8 Å². The van der Waals surface area contributed by atoms with E-state index in [0.717, 1.165) is 24.0 Å². The number of aromatic hydroxyl groups is 2. The van der Waals surface area contributed by atoms with E-state index in [2.05, 4.69) is 0 Å². The second-order valence-electron chi connectivity index (χ2n) is 5.93. The van der Waals surface area contributed by atoms with Crippen LogP contribution in [0.2, 0.25) is 0 Å². The van der Waals surface area contributed by atoms with Crippen molar-refractivity contribution in [3.05, 3.63) is 59.7 Å². The standard InChI is InChI=1S/C19H20O4/c20-15-7-1-13(2-8-15)5-11-17(22)19-18(23-19)12-6-14-3-9-16(21)10-4-14/h1-4,7-10,18-21H,5-6,11-12H2/t18-,19+/m0/s1. The van der Waals surface area contributed by atoms with Gasteiger partial charge in [-0.15, -0.1) is 0 Å². The number of ketones is 1. The van der Waals surface area contributed by atoms with E-state index in [4.69, 9.17) is 4.74 Å². The topological polar surface area (TPSA) is 70.1 Å². The Morgan fingerprint density at radius 2 is 1.39 bits per heavy atom. The second kappa shape index (κ2) is 6.84. The molecule has 4 nitrogen and oxygen atoms in total. The summed E-state index contributed by atoms with van der Waals surface area (Å²) >= 11 is 0. The van der Waals surface area contributed by atoms with Gasteiger partial charge in [0.25, 0.3) is 0 Å². The van der Waals surface area contributed by atoms with Gasteiger partial charge in [-0.1, -0.05) is 24.3 Å². The molecule has 0 aliphatic carbocycles. The number of ether oxygens (including phenoxy) is 1. The summed E-state index contributed by atoms with van der Waals surface area (Å²) in [7, 11) is 0. The van der Waals surface area contributed by atoms with Crippen LogP contribution in [0.25, 0.3) is 0 Å². The Bertz CT molecular complexity index is 661. The smallest absolute Gasteiger partial charge is 0.164 e. The van der Waals surface area contributed by atoms with Crippen molar-refractivity contribution in [2.75, 3.05) is 0 Å². The summed E-state index contributed by atoms with van der Waals surface area (Å²) in [4.78, 5) is 12.1. The Labute approximate surface area is 135 Å². The molecule has 2 aromatic carbocycles. The van der Waals surface area contributed by atoms with E-state index in [1.807, 2.05) is 24.3 Å². The lowest BCUT2D eigenvalue weighted by Gasteiger charge is -2.01. The van der Waals surface area contributed by atoms with Crippen LogP contribution in [0.3, 0.4) is 0 Å². The van der Waals surface area contributed by atoms with Crippen molar-refractivity contribution in [1.82, 2.24) is 0 Å². The van der Waals surface area contributed by atoms with Crippen LogP contribution in [-0.2, 0) is 22.4 Å². The molecule has 0 spiro atoms. The molecule has 2 N–H and O–H groups in total. The molecule has 1 saturated heterocycles. The molecule has 1 heterocycles. The molecule has 1 aliphatic rings. The van der Waals surface area contributed by atoms with Gasteiger partial charge < -0.3 is 14.9 Å². The zero-order valence-corrected chi connectivity index (χ0v) is 12.8. The molecular weight excluding hydrogens is 292 g/mol. The van der Waals surface area contributed by atoms with E-state index in [1.54, 1.807) is 24.3 Å². The molecule has 0 aromatic heterocycles. The molecule has 0 bridgehead atoms. The van der Waals surface area contributed by atoms with Crippen molar-refractivity contribution in [3.63, 3.8) is 0 Å². The minimum Gasteiger partial charge on any atom is -0.508 e. The number of carbonyl (C=O) groups excluding carboxylic acids is 1. The van der Waals surface area contributed by atoms with Crippen molar-refractivity contribution in [1.29, 1.82) is 0 Å². The molecular formula is C19H20O4. The second-order valence-corrected chi connectivity index (χ2v) is 5.93. The number of hydrogen-bond acceptors (Lipinski definition) is 4. The highest BCUT2D eigenvalue weighted by atomic mass is 16.6. The number of aryl methyl sites for hydroxylation is 2. The summed E-state index contributed by atoms with van der Waals surface area (Å²) in [5.41, 5.74) is 2.17. The molecule has 0 saturated carbocycles. The fourth-order valence-electron chi connectivity index (χ4n) is 2.69. The van der Waals surface area contributed by atoms with Crippen molar-refractivity contribution < 1.29 is 19.7 Å². The lowest BCUT2D eigenvalue weighted by molar-refractivity contribution is -0.120. The number of hydrogen-bond donors (Lipinski definition) is 2. The average molecular weight is 312 g/mol. The van der Waals surface area contributed by atoms with E-state index >= 15 is 0 Å². The van der Waals surface area contributed by atoms with Crippen molar-refractivity contribution in [3.8, 4) is 11.5 Å². The largest absolute Gasteiger partial charge is 0.508 e. The minimum atomic E-state index is -0.260. The first-order chi connectivity index (χ1) is 11.1. The maximum atomic E-state index is 12.1. The number of phenolic OH excluding ortho intramolecular Hbond substituents is 2. The third kappa shape index (κ3) is 4.33.